The standard InChI is InChI=1S/C6H10O2/c1-2-3-6(4-7)5-8/h6-8H,4-5H2,1H3. The van der Waals surface area contributed by atoms with Gasteiger partial charge >= 0.3 is 0 Å². The smallest absolute Gasteiger partial charge is 0.0665 e. The van der Waals surface area contributed by atoms with Crippen LogP contribution in [0.15, 0.2) is 0 Å². The minimum absolute atomic E-state index is 0.0582. The molecule has 2 N–H and O–H groups in total. The topological polar surface area (TPSA) is 40.5 Å². The SMILES string of the molecule is CC#CC(CO)CO. The van der Waals surface area contributed by atoms with Crippen LogP contribution in [0.4, 0.5) is 0 Å². The van der Waals surface area contributed by atoms with Crippen molar-refractivity contribution in [2.45, 2.75) is 6.92 Å². The highest BCUT2D eigenvalue weighted by Gasteiger charge is 1.96. The first-order chi connectivity index (χ1) is 3.85. The van der Waals surface area contributed by atoms with Gasteiger partial charge in [0.2, 0.25) is 0 Å². The molecule has 0 heterocycles. The highest BCUT2D eigenvalue weighted by atomic mass is 16.3. The fraction of sp³-hybridized carbons (Fsp3) is 0.667. The molecule has 46 valence electrons. The fourth-order valence-electron chi connectivity index (χ4n) is 0.353. The summed E-state index contributed by atoms with van der Waals surface area (Å²) in [6.07, 6.45) is 0. The second-order valence-corrected chi connectivity index (χ2v) is 1.46. The van der Waals surface area contributed by atoms with Gasteiger partial charge in [-0.1, -0.05) is 5.92 Å². The predicted molar refractivity (Wildman–Crippen MR) is 31.1 cm³/mol. The van der Waals surface area contributed by atoms with Gasteiger partial charge in [-0.3, -0.25) is 0 Å². The van der Waals surface area contributed by atoms with Gasteiger partial charge in [0, 0.05) is 0 Å². The Morgan fingerprint density at radius 3 is 2.00 bits per heavy atom. The first kappa shape index (κ1) is 7.48. The second kappa shape index (κ2) is 4.63. The van der Waals surface area contributed by atoms with Crippen molar-refractivity contribution in [3.63, 3.8) is 0 Å². The fourth-order valence-corrected chi connectivity index (χ4v) is 0.353. The van der Waals surface area contributed by atoms with Crippen LogP contribution in [0.1, 0.15) is 6.92 Å². The van der Waals surface area contributed by atoms with Crippen LogP contribution in [0.2, 0.25) is 0 Å². The maximum absolute atomic E-state index is 8.39. The van der Waals surface area contributed by atoms with E-state index in [2.05, 4.69) is 11.8 Å². The quantitative estimate of drug-likeness (QED) is 0.480. The Balaban J connectivity index is 3.47. The zero-order chi connectivity index (χ0) is 6.41. The average molecular weight is 114 g/mol. The molecule has 0 aliphatic carbocycles. The van der Waals surface area contributed by atoms with E-state index in [0.29, 0.717) is 0 Å². The number of hydrogen-bond donors (Lipinski definition) is 2. The molecule has 0 radical (unpaired) electrons. The lowest BCUT2D eigenvalue weighted by Gasteiger charge is -1.97. The molecule has 0 spiro atoms. The van der Waals surface area contributed by atoms with Crippen molar-refractivity contribution >= 4 is 0 Å². The van der Waals surface area contributed by atoms with Crippen molar-refractivity contribution in [2.24, 2.45) is 5.92 Å². The van der Waals surface area contributed by atoms with Crippen molar-refractivity contribution in [1.82, 2.24) is 0 Å². The van der Waals surface area contributed by atoms with E-state index < -0.39 is 0 Å². The molecule has 2 heteroatoms. The summed E-state index contributed by atoms with van der Waals surface area (Å²) < 4.78 is 0. The summed E-state index contributed by atoms with van der Waals surface area (Å²) in [6.45, 7) is 1.56. The third-order valence-corrected chi connectivity index (χ3v) is 0.789. The van der Waals surface area contributed by atoms with Crippen LogP contribution in [-0.4, -0.2) is 23.4 Å². The van der Waals surface area contributed by atoms with Gasteiger partial charge in [0.25, 0.3) is 0 Å². The molecule has 0 aliphatic heterocycles. The normalized spacial score (nSPS) is 8.50. The Morgan fingerprint density at radius 1 is 1.38 bits per heavy atom. The highest BCUT2D eigenvalue weighted by molar-refractivity contribution is 5.00. The Kier molecular flexibility index (Phi) is 4.33. The molecule has 0 amide bonds. The van der Waals surface area contributed by atoms with Gasteiger partial charge in [0.05, 0.1) is 19.1 Å². The molecular weight excluding hydrogens is 104 g/mol. The monoisotopic (exact) mass is 114 g/mol. The van der Waals surface area contributed by atoms with Gasteiger partial charge in [0.15, 0.2) is 0 Å². The molecule has 8 heavy (non-hydrogen) atoms. The molecular formula is C6H10O2. The molecule has 0 bridgehead atoms. The number of aliphatic hydroxyl groups is 2. The Morgan fingerprint density at radius 2 is 1.88 bits per heavy atom. The van der Waals surface area contributed by atoms with E-state index in [1.54, 1.807) is 6.92 Å². The van der Waals surface area contributed by atoms with Crippen LogP contribution in [-0.2, 0) is 0 Å². The Hall–Kier alpha value is -0.520. The Bertz CT molecular complexity index is 94.8. The van der Waals surface area contributed by atoms with Crippen LogP contribution in [0.3, 0.4) is 0 Å². The third kappa shape index (κ3) is 2.62. The minimum Gasteiger partial charge on any atom is -0.395 e. The van der Waals surface area contributed by atoms with Crippen LogP contribution in [0.5, 0.6) is 0 Å². The van der Waals surface area contributed by atoms with Crippen LogP contribution >= 0.6 is 0 Å². The van der Waals surface area contributed by atoms with Gasteiger partial charge in [-0.05, 0) is 6.92 Å². The number of aliphatic hydroxyl groups excluding tert-OH is 2. The van der Waals surface area contributed by atoms with E-state index >= 15 is 0 Å². The maximum Gasteiger partial charge on any atom is 0.0665 e. The van der Waals surface area contributed by atoms with Crippen molar-refractivity contribution in [1.29, 1.82) is 0 Å². The molecule has 0 atom stereocenters. The van der Waals surface area contributed by atoms with Crippen LogP contribution in [0, 0.1) is 17.8 Å². The molecule has 2 nitrogen and oxygen atoms in total. The lowest BCUT2D eigenvalue weighted by molar-refractivity contribution is 0.183. The zero-order valence-corrected chi connectivity index (χ0v) is 4.89. The molecule has 0 aliphatic rings. The largest absolute Gasteiger partial charge is 0.395 e. The molecule has 0 saturated heterocycles. The first-order valence-corrected chi connectivity index (χ1v) is 2.49. The number of hydrogen-bond acceptors (Lipinski definition) is 2. The second-order valence-electron chi connectivity index (χ2n) is 1.46. The first-order valence-electron chi connectivity index (χ1n) is 2.49. The van der Waals surface area contributed by atoms with Crippen LogP contribution in [0.25, 0.3) is 0 Å². The summed E-state index contributed by atoms with van der Waals surface area (Å²) in [5.74, 6) is 4.98. The van der Waals surface area contributed by atoms with E-state index in [0.717, 1.165) is 0 Å². The Labute approximate surface area is 49.2 Å². The van der Waals surface area contributed by atoms with Gasteiger partial charge < -0.3 is 10.2 Å². The molecule has 0 unspecified atom stereocenters. The van der Waals surface area contributed by atoms with Crippen molar-refractivity contribution in [3.8, 4) is 11.8 Å². The van der Waals surface area contributed by atoms with E-state index in [4.69, 9.17) is 10.2 Å². The van der Waals surface area contributed by atoms with Crippen molar-refractivity contribution < 1.29 is 10.2 Å². The lowest BCUT2D eigenvalue weighted by Crippen LogP contribution is -2.07. The molecule has 0 aromatic heterocycles. The minimum atomic E-state index is -0.250. The van der Waals surface area contributed by atoms with Crippen LogP contribution < -0.4 is 0 Å². The maximum atomic E-state index is 8.39. The van der Waals surface area contributed by atoms with Gasteiger partial charge in [-0.25, -0.2) is 0 Å². The lowest BCUT2D eigenvalue weighted by atomic mass is 10.2. The molecule has 0 aromatic carbocycles. The van der Waals surface area contributed by atoms with E-state index in [-0.39, 0.29) is 19.1 Å². The molecule has 0 rings (SSSR count). The average Bonchev–Trinajstić information content (AvgIpc) is 1.83. The molecule has 0 saturated carbocycles. The summed E-state index contributed by atoms with van der Waals surface area (Å²) in [4.78, 5) is 0. The van der Waals surface area contributed by atoms with E-state index in [9.17, 15) is 0 Å². The summed E-state index contributed by atoms with van der Waals surface area (Å²) in [5, 5.41) is 16.8. The van der Waals surface area contributed by atoms with Gasteiger partial charge in [-0.2, -0.15) is 0 Å². The van der Waals surface area contributed by atoms with Gasteiger partial charge in [-0.15, -0.1) is 5.92 Å². The van der Waals surface area contributed by atoms with Crippen molar-refractivity contribution in [2.75, 3.05) is 13.2 Å². The summed E-state index contributed by atoms with van der Waals surface area (Å²) >= 11 is 0. The summed E-state index contributed by atoms with van der Waals surface area (Å²) in [6, 6.07) is 0. The zero-order valence-electron chi connectivity index (χ0n) is 4.89. The third-order valence-electron chi connectivity index (χ3n) is 0.789. The molecule has 0 fully saturated rings. The van der Waals surface area contributed by atoms with Gasteiger partial charge in [0.1, 0.15) is 0 Å². The summed E-state index contributed by atoms with van der Waals surface area (Å²) in [5.41, 5.74) is 0. The van der Waals surface area contributed by atoms with Crippen molar-refractivity contribution in [3.05, 3.63) is 0 Å². The highest BCUT2D eigenvalue weighted by Crippen LogP contribution is 1.87. The van der Waals surface area contributed by atoms with E-state index in [1.165, 1.54) is 0 Å². The summed E-state index contributed by atoms with van der Waals surface area (Å²) in [7, 11) is 0. The molecule has 0 aromatic rings. The predicted octanol–water partition coefficient (Wildman–Crippen LogP) is -0.389. The number of rotatable bonds is 2. The van der Waals surface area contributed by atoms with E-state index in [1.807, 2.05) is 0 Å².